The first-order valence-corrected chi connectivity index (χ1v) is 8.00. The van der Waals surface area contributed by atoms with Gasteiger partial charge in [0.05, 0.1) is 5.75 Å². The van der Waals surface area contributed by atoms with Gasteiger partial charge in [-0.3, -0.25) is 9.59 Å². The van der Waals surface area contributed by atoms with E-state index in [0.717, 1.165) is 5.56 Å². The molecule has 0 bridgehead atoms. The maximum Gasteiger partial charge on any atom is 0.185 e. The van der Waals surface area contributed by atoms with Gasteiger partial charge in [0.2, 0.25) is 0 Å². The van der Waals surface area contributed by atoms with E-state index in [2.05, 4.69) is 0 Å². The third kappa shape index (κ3) is 4.43. The highest BCUT2D eigenvalue weighted by Gasteiger charge is 2.04. The second-order valence-electron chi connectivity index (χ2n) is 4.54. The molecule has 0 fully saturated rings. The van der Waals surface area contributed by atoms with Crippen LogP contribution in [0.3, 0.4) is 0 Å². The number of thioether (sulfide) groups is 1. The Morgan fingerprint density at radius 1 is 0.952 bits per heavy atom. The molecule has 21 heavy (non-hydrogen) atoms. The molecule has 0 aliphatic heterocycles. The Bertz CT molecular complexity index is 643. The Morgan fingerprint density at radius 3 is 2.24 bits per heavy atom. The van der Waals surface area contributed by atoms with Gasteiger partial charge in [0.25, 0.3) is 0 Å². The summed E-state index contributed by atoms with van der Waals surface area (Å²) in [4.78, 5) is 23.6. The molecule has 0 amide bonds. The van der Waals surface area contributed by atoms with Crippen LogP contribution in [0, 0.1) is 0 Å². The number of hydrogen-bond donors (Lipinski definition) is 0. The molecule has 0 atom stereocenters. The standard InChI is InChI=1S/C18H16O2S/c1-21-13-18(20)16-10-7-14(8-11-16)9-12-17(19)15-5-3-2-4-6-15/h2-12H,13H2,1H3. The maximum absolute atomic E-state index is 11.9. The third-order valence-corrected chi connectivity index (χ3v) is 3.54. The fourth-order valence-corrected chi connectivity index (χ4v) is 2.29. The lowest BCUT2D eigenvalue weighted by Gasteiger charge is -2.00. The highest BCUT2D eigenvalue weighted by molar-refractivity contribution is 7.99. The summed E-state index contributed by atoms with van der Waals surface area (Å²) in [6.07, 6.45) is 5.22. The molecular formula is C18H16O2S. The number of hydrogen-bond acceptors (Lipinski definition) is 3. The van der Waals surface area contributed by atoms with Crippen LogP contribution in [-0.4, -0.2) is 23.6 Å². The quantitative estimate of drug-likeness (QED) is 0.594. The molecule has 0 radical (unpaired) electrons. The van der Waals surface area contributed by atoms with Gasteiger partial charge in [-0.25, -0.2) is 0 Å². The van der Waals surface area contributed by atoms with Crippen molar-refractivity contribution in [2.24, 2.45) is 0 Å². The molecule has 106 valence electrons. The molecule has 3 heteroatoms. The van der Waals surface area contributed by atoms with Crippen LogP contribution in [0.15, 0.2) is 60.7 Å². The van der Waals surface area contributed by atoms with E-state index in [4.69, 9.17) is 0 Å². The average Bonchev–Trinajstić information content (AvgIpc) is 2.54. The monoisotopic (exact) mass is 296 g/mol. The van der Waals surface area contributed by atoms with E-state index >= 15 is 0 Å². The largest absolute Gasteiger partial charge is 0.293 e. The smallest absolute Gasteiger partial charge is 0.185 e. The molecule has 0 aromatic heterocycles. The zero-order valence-corrected chi connectivity index (χ0v) is 12.6. The fraction of sp³-hybridized carbons (Fsp3) is 0.111. The molecule has 0 unspecified atom stereocenters. The van der Waals surface area contributed by atoms with E-state index in [1.54, 1.807) is 36.4 Å². The van der Waals surface area contributed by atoms with Crippen molar-refractivity contribution in [3.63, 3.8) is 0 Å². The van der Waals surface area contributed by atoms with E-state index in [9.17, 15) is 9.59 Å². The second kappa shape index (κ2) is 7.60. The molecule has 0 N–H and O–H groups in total. The van der Waals surface area contributed by atoms with Crippen molar-refractivity contribution < 1.29 is 9.59 Å². The summed E-state index contributed by atoms with van der Waals surface area (Å²) in [6.45, 7) is 0. The molecule has 0 aliphatic carbocycles. The highest BCUT2D eigenvalue weighted by atomic mass is 32.2. The van der Waals surface area contributed by atoms with Crippen LogP contribution >= 0.6 is 11.8 Å². The van der Waals surface area contributed by atoms with E-state index in [1.165, 1.54) is 11.8 Å². The first-order valence-electron chi connectivity index (χ1n) is 6.60. The Balaban J connectivity index is 2.05. The second-order valence-corrected chi connectivity index (χ2v) is 5.41. The van der Waals surface area contributed by atoms with Crippen molar-refractivity contribution in [3.8, 4) is 0 Å². The minimum atomic E-state index is -0.0295. The average molecular weight is 296 g/mol. The van der Waals surface area contributed by atoms with E-state index in [-0.39, 0.29) is 11.6 Å². The van der Waals surface area contributed by atoms with E-state index in [0.29, 0.717) is 16.9 Å². The van der Waals surface area contributed by atoms with Crippen LogP contribution in [0.1, 0.15) is 26.3 Å². The minimum absolute atomic E-state index is 0.0295. The lowest BCUT2D eigenvalue weighted by molar-refractivity contribution is 0.102. The van der Waals surface area contributed by atoms with Crippen molar-refractivity contribution in [2.45, 2.75) is 0 Å². The van der Waals surface area contributed by atoms with E-state index in [1.807, 2.05) is 36.6 Å². The maximum atomic E-state index is 11.9. The fourth-order valence-electron chi connectivity index (χ4n) is 1.87. The molecule has 0 spiro atoms. The number of carbonyl (C=O) groups is 2. The van der Waals surface area contributed by atoms with Crippen LogP contribution in [0.5, 0.6) is 0 Å². The molecule has 0 heterocycles. The SMILES string of the molecule is CSCC(=O)c1ccc(C=CC(=O)c2ccccc2)cc1. The Labute approximate surface area is 128 Å². The zero-order chi connectivity index (χ0) is 15.1. The van der Waals surface area contributed by atoms with Gasteiger partial charge in [0.15, 0.2) is 11.6 Å². The number of Topliss-reactive ketones (excluding diaryl/α,β-unsaturated/α-hetero) is 1. The molecule has 2 aromatic rings. The number of carbonyl (C=O) groups excluding carboxylic acids is 2. The Morgan fingerprint density at radius 2 is 1.62 bits per heavy atom. The first-order chi connectivity index (χ1) is 10.2. The summed E-state index contributed by atoms with van der Waals surface area (Å²) in [5.74, 6) is 0.582. The number of ketones is 2. The zero-order valence-electron chi connectivity index (χ0n) is 11.8. The minimum Gasteiger partial charge on any atom is -0.293 e. The number of allylic oxidation sites excluding steroid dienone is 1. The molecule has 2 aromatic carbocycles. The third-order valence-electron chi connectivity index (χ3n) is 2.99. The molecule has 2 rings (SSSR count). The van der Waals surface area contributed by atoms with Gasteiger partial charge in [-0.15, -0.1) is 0 Å². The molecule has 0 saturated heterocycles. The van der Waals surface area contributed by atoms with Crippen LogP contribution in [-0.2, 0) is 0 Å². The Kier molecular flexibility index (Phi) is 5.52. The van der Waals surface area contributed by atoms with Gasteiger partial charge in [0, 0.05) is 11.1 Å². The van der Waals surface area contributed by atoms with Crippen molar-refractivity contribution in [2.75, 3.05) is 12.0 Å². The normalized spacial score (nSPS) is 10.7. The number of benzene rings is 2. The van der Waals surface area contributed by atoms with Crippen LogP contribution < -0.4 is 0 Å². The molecule has 0 saturated carbocycles. The molecule has 0 aliphatic rings. The van der Waals surface area contributed by atoms with Crippen molar-refractivity contribution in [3.05, 3.63) is 77.4 Å². The molecular weight excluding hydrogens is 280 g/mol. The lowest BCUT2D eigenvalue weighted by atomic mass is 10.1. The summed E-state index contributed by atoms with van der Waals surface area (Å²) in [6, 6.07) is 16.4. The summed E-state index contributed by atoms with van der Waals surface area (Å²) in [7, 11) is 0. The lowest BCUT2D eigenvalue weighted by Crippen LogP contribution is -2.01. The molecule has 2 nitrogen and oxygen atoms in total. The first kappa shape index (κ1) is 15.3. The van der Waals surface area contributed by atoms with Gasteiger partial charge < -0.3 is 0 Å². The van der Waals surface area contributed by atoms with Gasteiger partial charge in [0.1, 0.15) is 0 Å². The summed E-state index contributed by atoms with van der Waals surface area (Å²) in [5, 5.41) is 0. The predicted molar refractivity (Wildman–Crippen MR) is 89.0 cm³/mol. The van der Waals surface area contributed by atoms with Gasteiger partial charge in [-0.1, -0.05) is 60.7 Å². The number of rotatable bonds is 6. The van der Waals surface area contributed by atoms with Crippen molar-refractivity contribution in [1.29, 1.82) is 0 Å². The summed E-state index contributed by atoms with van der Waals surface area (Å²) < 4.78 is 0. The summed E-state index contributed by atoms with van der Waals surface area (Å²) in [5.41, 5.74) is 2.27. The van der Waals surface area contributed by atoms with Crippen LogP contribution in [0.25, 0.3) is 6.08 Å². The van der Waals surface area contributed by atoms with Crippen LogP contribution in [0.2, 0.25) is 0 Å². The van der Waals surface area contributed by atoms with Crippen molar-refractivity contribution in [1.82, 2.24) is 0 Å². The van der Waals surface area contributed by atoms with E-state index < -0.39 is 0 Å². The highest BCUT2D eigenvalue weighted by Crippen LogP contribution is 2.10. The van der Waals surface area contributed by atoms with Gasteiger partial charge >= 0.3 is 0 Å². The topological polar surface area (TPSA) is 34.1 Å². The Hall–Kier alpha value is -2.13. The van der Waals surface area contributed by atoms with Gasteiger partial charge in [-0.2, -0.15) is 11.8 Å². The van der Waals surface area contributed by atoms with Crippen molar-refractivity contribution >= 4 is 29.4 Å². The van der Waals surface area contributed by atoms with Gasteiger partial charge in [-0.05, 0) is 17.9 Å². The summed E-state index contributed by atoms with van der Waals surface area (Å²) >= 11 is 1.51. The predicted octanol–water partition coefficient (Wildman–Crippen LogP) is 4.13. The van der Waals surface area contributed by atoms with Crippen LogP contribution in [0.4, 0.5) is 0 Å².